The summed E-state index contributed by atoms with van der Waals surface area (Å²) in [6.45, 7) is 8.59. The molecule has 1 saturated carbocycles. The van der Waals surface area contributed by atoms with Gasteiger partial charge in [0.25, 0.3) is 0 Å². The van der Waals surface area contributed by atoms with Crippen molar-refractivity contribution in [3.8, 4) is 5.75 Å². The van der Waals surface area contributed by atoms with Crippen molar-refractivity contribution in [3.05, 3.63) is 33.9 Å². The number of aryl methyl sites for hydroxylation is 1. The van der Waals surface area contributed by atoms with Crippen LogP contribution in [0.15, 0.2) is 17.1 Å². The first-order chi connectivity index (χ1) is 17.4. The second-order valence-corrected chi connectivity index (χ2v) is 11.2. The van der Waals surface area contributed by atoms with Crippen molar-refractivity contribution in [3.63, 3.8) is 0 Å². The number of ether oxygens (including phenoxy) is 3. The normalized spacial score (nSPS) is 23.3. The maximum atomic E-state index is 15.8. The Balaban J connectivity index is 1.49. The van der Waals surface area contributed by atoms with E-state index in [1.807, 2.05) is 9.47 Å². The third kappa shape index (κ3) is 4.72. The summed E-state index contributed by atoms with van der Waals surface area (Å²) in [5, 5.41) is 12.0. The molecule has 1 aliphatic carbocycles. The second kappa shape index (κ2) is 8.90. The van der Waals surface area contributed by atoms with Gasteiger partial charge in [-0.2, -0.15) is 0 Å². The summed E-state index contributed by atoms with van der Waals surface area (Å²) >= 11 is 0. The van der Waals surface area contributed by atoms with Crippen molar-refractivity contribution in [2.45, 2.75) is 64.2 Å². The number of benzene rings is 1. The minimum absolute atomic E-state index is 0.0785. The Kier molecular flexibility index (Phi) is 6.09. The van der Waals surface area contributed by atoms with Crippen LogP contribution in [0.5, 0.6) is 5.75 Å². The van der Waals surface area contributed by atoms with E-state index in [1.54, 1.807) is 26.8 Å². The van der Waals surface area contributed by atoms with Crippen LogP contribution >= 0.6 is 0 Å². The Bertz CT molecular complexity index is 1330. The Labute approximate surface area is 213 Å². The van der Waals surface area contributed by atoms with Gasteiger partial charge in [0, 0.05) is 37.2 Å². The molecule has 2 aromatic rings. The van der Waals surface area contributed by atoms with Crippen LogP contribution in [0.1, 0.15) is 51.6 Å². The molecule has 2 aliphatic heterocycles. The number of carbonyl (C=O) groups is 2. The molecular formula is C26H32FN3O7. The Morgan fingerprint density at radius 2 is 2.03 bits per heavy atom. The van der Waals surface area contributed by atoms with Crippen molar-refractivity contribution in [2.24, 2.45) is 5.92 Å². The predicted octanol–water partition coefficient (Wildman–Crippen LogP) is 3.96. The molecule has 2 atom stereocenters. The van der Waals surface area contributed by atoms with Gasteiger partial charge in [0.05, 0.1) is 29.3 Å². The molecular weight excluding hydrogens is 485 g/mol. The highest BCUT2D eigenvalue weighted by Crippen LogP contribution is 2.44. The fourth-order valence-electron chi connectivity index (χ4n) is 5.52. The summed E-state index contributed by atoms with van der Waals surface area (Å²) in [4.78, 5) is 38.4. The molecule has 2 saturated heterocycles. The first kappa shape index (κ1) is 25.3. The highest BCUT2D eigenvalue weighted by atomic mass is 19.1. The van der Waals surface area contributed by atoms with Crippen LogP contribution in [0.2, 0.25) is 0 Å². The number of amides is 1. The zero-order valence-corrected chi connectivity index (χ0v) is 21.4. The molecule has 10 nitrogen and oxygen atoms in total. The monoisotopic (exact) mass is 517 g/mol. The predicted molar refractivity (Wildman–Crippen MR) is 133 cm³/mol. The summed E-state index contributed by atoms with van der Waals surface area (Å²) in [7, 11) is 0. The number of pyridine rings is 1. The lowest BCUT2D eigenvalue weighted by Gasteiger charge is -2.30. The maximum absolute atomic E-state index is 15.8. The maximum Gasteiger partial charge on any atom is 0.511 e. The van der Waals surface area contributed by atoms with Gasteiger partial charge in [0.15, 0.2) is 5.75 Å². The quantitative estimate of drug-likeness (QED) is 0.572. The first-order valence-electron chi connectivity index (χ1n) is 12.5. The third-order valence-electron chi connectivity index (χ3n) is 7.35. The van der Waals surface area contributed by atoms with Gasteiger partial charge >= 0.3 is 12.2 Å². The molecule has 37 heavy (non-hydrogen) atoms. The zero-order valence-electron chi connectivity index (χ0n) is 21.4. The molecule has 3 fully saturated rings. The number of anilines is 1. The number of nitrogens with zero attached hydrogens (tertiary/aromatic N) is 2. The summed E-state index contributed by atoms with van der Waals surface area (Å²) < 4.78 is 33.9. The summed E-state index contributed by atoms with van der Waals surface area (Å²) in [6, 6.07) is 1.75. The number of aromatic nitrogens is 1. The van der Waals surface area contributed by atoms with Gasteiger partial charge in [0.1, 0.15) is 17.0 Å². The van der Waals surface area contributed by atoms with Gasteiger partial charge in [0.2, 0.25) is 5.43 Å². The largest absolute Gasteiger partial charge is 0.511 e. The topological polar surface area (TPSA) is 119 Å². The molecule has 1 aromatic heterocycles. The average molecular weight is 518 g/mol. The van der Waals surface area contributed by atoms with Crippen molar-refractivity contribution in [1.82, 2.24) is 9.88 Å². The van der Waals surface area contributed by atoms with E-state index < -0.39 is 34.7 Å². The van der Waals surface area contributed by atoms with Crippen LogP contribution in [-0.4, -0.2) is 59.4 Å². The first-order valence-corrected chi connectivity index (χ1v) is 12.5. The van der Waals surface area contributed by atoms with Crippen LogP contribution in [0.4, 0.5) is 19.7 Å². The fourth-order valence-corrected chi connectivity index (χ4v) is 5.52. The highest BCUT2D eigenvalue weighted by molar-refractivity contribution is 5.88. The van der Waals surface area contributed by atoms with Gasteiger partial charge in [-0.1, -0.05) is 0 Å². The number of halogens is 1. The van der Waals surface area contributed by atoms with Gasteiger partial charge in [-0.3, -0.25) is 4.79 Å². The second-order valence-electron chi connectivity index (χ2n) is 11.2. The molecule has 3 heterocycles. The Hall–Kier alpha value is -3.34. The lowest BCUT2D eigenvalue weighted by molar-refractivity contribution is -0.000270. The van der Waals surface area contributed by atoms with Crippen molar-refractivity contribution in [1.29, 1.82) is 0 Å². The number of alkyl carbamates (subject to hydrolysis) is 1. The Morgan fingerprint density at radius 3 is 2.68 bits per heavy atom. The van der Waals surface area contributed by atoms with Gasteiger partial charge in [-0.25, -0.2) is 14.0 Å². The van der Waals surface area contributed by atoms with Gasteiger partial charge in [-0.05, 0) is 53.0 Å². The molecule has 3 aliphatic rings. The molecule has 200 valence electrons. The number of carbonyl (C=O) groups excluding carboxylic acids is 1. The average Bonchev–Trinajstić information content (AvgIpc) is 3.46. The SMILES string of the molecule is Cc1c(F)c(N2CC3CCOC3(CNC(=O)OC(C)(C)C)C2)cc2c1c(=O)c(OC(=O)O)cn2C1CC1. The van der Waals surface area contributed by atoms with E-state index >= 15 is 4.39 Å². The molecule has 2 N–H and O–H groups in total. The van der Waals surface area contributed by atoms with Crippen molar-refractivity contribution in [2.75, 3.05) is 31.1 Å². The fraction of sp³-hybridized carbons (Fsp3) is 0.577. The van der Waals surface area contributed by atoms with Crippen molar-refractivity contribution >= 4 is 28.8 Å². The molecule has 5 rings (SSSR count). The zero-order chi connectivity index (χ0) is 26.7. The van der Waals surface area contributed by atoms with E-state index in [2.05, 4.69) is 5.32 Å². The van der Waals surface area contributed by atoms with Crippen molar-refractivity contribution < 1.29 is 33.3 Å². The number of hydrogen-bond acceptors (Lipinski definition) is 7. The van der Waals surface area contributed by atoms with Crippen LogP contribution in [0.3, 0.4) is 0 Å². The standard InChI is InChI=1S/C26H32FN3O7/c1-14-20-17(30(16-5-6-16)11-19(22(20)31)36-24(33)34)9-18(21(14)27)29-10-15-7-8-35-26(15,13-29)12-28-23(32)37-25(2,3)4/h9,11,15-16H,5-8,10,12-13H2,1-4H3,(H,28,32)(H,33,34). The third-order valence-corrected chi connectivity index (χ3v) is 7.35. The summed E-state index contributed by atoms with van der Waals surface area (Å²) in [5.74, 6) is -0.803. The number of rotatable bonds is 5. The van der Waals surface area contributed by atoms with Gasteiger partial charge < -0.3 is 34.1 Å². The van der Waals surface area contributed by atoms with Gasteiger partial charge in [-0.15, -0.1) is 0 Å². The minimum Gasteiger partial charge on any atom is -0.449 e. The lowest BCUT2D eigenvalue weighted by Crippen LogP contribution is -2.49. The Morgan fingerprint density at radius 1 is 1.30 bits per heavy atom. The van der Waals surface area contributed by atoms with Crippen LogP contribution in [-0.2, 0) is 9.47 Å². The number of fused-ring (bicyclic) bond motifs is 2. The van der Waals surface area contributed by atoms with Crippen LogP contribution in [0, 0.1) is 18.7 Å². The van der Waals surface area contributed by atoms with E-state index in [0.717, 1.165) is 19.3 Å². The van der Waals surface area contributed by atoms with Crippen LogP contribution in [0.25, 0.3) is 10.9 Å². The summed E-state index contributed by atoms with van der Waals surface area (Å²) in [5.41, 5.74) is -0.934. The summed E-state index contributed by atoms with van der Waals surface area (Å²) in [6.07, 6.45) is 1.80. The lowest BCUT2D eigenvalue weighted by atomic mass is 9.91. The molecule has 2 unspecified atom stereocenters. The number of hydrogen-bond donors (Lipinski definition) is 2. The van der Waals surface area contributed by atoms with E-state index in [-0.39, 0.29) is 35.2 Å². The van der Waals surface area contributed by atoms with E-state index in [1.165, 1.54) is 13.1 Å². The minimum atomic E-state index is -1.59. The molecule has 0 bridgehead atoms. The molecule has 0 radical (unpaired) electrons. The number of carboxylic acid groups (broad SMARTS) is 1. The molecule has 0 spiro atoms. The molecule has 11 heteroatoms. The van der Waals surface area contributed by atoms with Crippen LogP contribution < -0.4 is 20.4 Å². The highest BCUT2D eigenvalue weighted by Gasteiger charge is 2.52. The smallest absolute Gasteiger partial charge is 0.449 e. The molecule has 1 aromatic carbocycles. The van der Waals surface area contributed by atoms with E-state index in [0.29, 0.717) is 30.9 Å². The molecule has 1 amide bonds. The van der Waals surface area contributed by atoms with E-state index in [4.69, 9.17) is 19.3 Å². The number of nitrogens with one attached hydrogen (secondary N) is 1. The van der Waals surface area contributed by atoms with E-state index in [9.17, 15) is 14.4 Å².